The molecule has 1 saturated carbocycles. The van der Waals surface area contributed by atoms with Crippen LogP contribution in [0, 0.1) is 0 Å². The van der Waals surface area contributed by atoms with Crippen molar-refractivity contribution in [1.29, 1.82) is 0 Å². The SMILES string of the molecule is CN(C)c1nc(N[C@H]2CC[C@@H](NCc3c[nH]nc3-c3ccc(C(F)(F)F)cc3)CC2)nc2ccccc12. The van der Waals surface area contributed by atoms with E-state index < -0.39 is 11.7 Å². The average molecular weight is 510 g/mol. The van der Waals surface area contributed by atoms with E-state index in [0.717, 1.165) is 60.1 Å². The Morgan fingerprint density at radius 2 is 1.65 bits per heavy atom. The molecule has 3 N–H and O–H groups in total. The van der Waals surface area contributed by atoms with Crippen molar-refractivity contribution in [2.24, 2.45) is 0 Å². The predicted octanol–water partition coefficient (Wildman–Crippen LogP) is 5.62. The van der Waals surface area contributed by atoms with Gasteiger partial charge in [0.05, 0.1) is 16.8 Å². The molecule has 7 nitrogen and oxygen atoms in total. The Bertz CT molecular complexity index is 1340. The molecule has 2 aromatic carbocycles. The summed E-state index contributed by atoms with van der Waals surface area (Å²) < 4.78 is 38.7. The molecule has 0 amide bonds. The number of aromatic nitrogens is 4. The molecule has 0 unspecified atom stereocenters. The fraction of sp³-hybridized carbons (Fsp3) is 0.370. The van der Waals surface area contributed by atoms with Crippen LogP contribution in [0.15, 0.2) is 54.7 Å². The van der Waals surface area contributed by atoms with Crippen LogP contribution in [0.3, 0.4) is 0 Å². The zero-order valence-corrected chi connectivity index (χ0v) is 20.8. The van der Waals surface area contributed by atoms with Gasteiger partial charge in [0.2, 0.25) is 5.95 Å². The molecule has 2 aromatic heterocycles. The first-order chi connectivity index (χ1) is 17.8. The lowest BCUT2D eigenvalue weighted by Crippen LogP contribution is -2.37. The maximum atomic E-state index is 12.9. The summed E-state index contributed by atoms with van der Waals surface area (Å²) in [6, 6.07) is 13.8. The molecule has 37 heavy (non-hydrogen) atoms. The molecule has 194 valence electrons. The molecule has 0 atom stereocenters. The van der Waals surface area contributed by atoms with Crippen molar-refractivity contribution in [2.45, 2.75) is 50.5 Å². The predicted molar refractivity (Wildman–Crippen MR) is 139 cm³/mol. The van der Waals surface area contributed by atoms with Gasteiger partial charge < -0.3 is 15.5 Å². The third-order valence-electron chi connectivity index (χ3n) is 6.85. The van der Waals surface area contributed by atoms with Gasteiger partial charge in [0.25, 0.3) is 0 Å². The highest BCUT2D eigenvalue weighted by molar-refractivity contribution is 5.90. The number of aromatic amines is 1. The number of H-pyrrole nitrogens is 1. The van der Waals surface area contributed by atoms with Crippen molar-refractivity contribution in [3.63, 3.8) is 0 Å². The average Bonchev–Trinajstić information content (AvgIpc) is 3.36. The van der Waals surface area contributed by atoms with Gasteiger partial charge in [-0.05, 0) is 49.9 Å². The summed E-state index contributed by atoms with van der Waals surface area (Å²) in [6.07, 6.45) is 1.42. The fourth-order valence-corrected chi connectivity index (χ4v) is 4.86. The molecule has 2 heterocycles. The molecule has 0 aliphatic heterocycles. The van der Waals surface area contributed by atoms with E-state index in [1.807, 2.05) is 43.3 Å². The van der Waals surface area contributed by atoms with Crippen LogP contribution in [0.2, 0.25) is 0 Å². The molecule has 4 aromatic rings. The van der Waals surface area contributed by atoms with Gasteiger partial charge in [-0.15, -0.1) is 0 Å². The molecule has 5 rings (SSSR count). The number of fused-ring (bicyclic) bond motifs is 1. The highest BCUT2D eigenvalue weighted by Crippen LogP contribution is 2.31. The third-order valence-corrected chi connectivity index (χ3v) is 6.85. The van der Waals surface area contributed by atoms with Crippen LogP contribution in [-0.4, -0.2) is 46.3 Å². The van der Waals surface area contributed by atoms with E-state index in [0.29, 0.717) is 35.8 Å². The van der Waals surface area contributed by atoms with E-state index in [-0.39, 0.29) is 0 Å². The molecule has 1 aliphatic rings. The largest absolute Gasteiger partial charge is 0.416 e. The van der Waals surface area contributed by atoms with E-state index in [1.165, 1.54) is 12.1 Å². The van der Waals surface area contributed by atoms with Crippen LogP contribution in [0.25, 0.3) is 22.2 Å². The Labute approximate surface area is 213 Å². The monoisotopic (exact) mass is 509 g/mol. The number of nitrogens with zero attached hydrogens (tertiary/aromatic N) is 4. The van der Waals surface area contributed by atoms with E-state index in [1.54, 1.807) is 6.20 Å². The Hall–Kier alpha value is -3.66. The minimum absolute atomic E-state index is 0.297. The van der Waals surface area contributed by atoms with E-state index in [9.17, 15) is 13.2 Å². The number of anilines is 2. The van der Waals surface area contributed by atoms with Crippen molar-refractivity contribution in [3.05, 3.63) is 65.9 Å². The van der Waals surface area contributed by atoms with Crippen molar-refractivity contribution >= 4 is 22.7 Å². The Balaban J connectivity index is 1.17. The van der Waals surface area contributed by atoms with Crippen LogP contribution >= 0.6 is 0 Å². The minimum atomic E-state index is -4.35. The smallest absolute Gasteiger partial charge is 0.362 e. The summed E-state index contributed by atoms with van der Waals surface area (Å²) in [5.74, 6) is 1.55. The van der Waals surface area contributed by atoms with Crippen LogP contribution in [0.1, 0.15) is 36.8 Å². The lowest BCUT2D eigenvalue weighted by Gasteiger charge is -2.30. The summed E-state index contributed by atoms with van der Waals surface area (Å²) >= 11 is 0. The molecule has 0 bridgehead atoms. The summed E-state index contributed by atoms with van der Waals surface area (Å²) in [6.45, 7) is 0.593. The number of halogens is 3. The van der Waals surface area contributed by atoms with Crippen LogP contribution in [0.5, 0.6) is 0 Å². The van der Waals surface area contributed by atoms with Gasteiger partial charge in [0, 0.05) is 55.4 Å². The standard InChI is InChI=1S/C27H30F3N7/c1-37(2)25-22-5-3-4-6-23(22)34-26(35-25)33-21-13-11-20(12-14-21)31-15-18-16-32-36-24(18)17-7-9-19(10-8-17)27(28,29)30/h3-10,16,20-21,31H,11-15H2,1-2H3,(H,32,36)(H,33,34,35)/t20-,21+. The summed E-state index contributed by atoms with van der Waals surface area (Å²) in [5.41, 5.74) is 2.51. The number of nitrogens with one attached hydrogen (secondary N) is 3. The van der Waals surface area contributed by atoms with Gasteiger partial charge >= 0.3 is 6.18 Å². The van der Waals surface area contributed by atoms with E-state index in [4.69, 9.17) is 9.97 Å². The van der Waals surface area contributed by atoms with Crippen molar-refractivity contribution in [3.8, 4) is 11.3 Å². The first kappa shape index (κ1) is 25.0. The first-order valence-electron chi connectivity index (χ1n) is 12.4. The molecule has 0 saturated heterocycles. The second kappa shape index (κ2) is 10.4. The minimum Gasteiger partial charge on any atom is -0.362 e. The zero-order valence-electron chi connectivity index (χ0n) is 20.8. The molecule has 1 fully saturated rings. The summed E-state index contributed by atoms with van der Waals surface area (Å²) in [4.78, 5) is 11.5. The number of hydrogen-bond acceptors (Lipinski definition) is 6. The van der Waals surface area contributed by atoms with Crippen molar-refractivity contribution in [2.75, 3.05) is 24.3 Å². The lowest BCUT2D eigenvalue weighted by molar-refractivity contribution is -0.137. The van der Waals surface area contributed by atoms with Gasteiger partial charge in [-0.1, -0.05) is 24.3 Å². The topological polar surface area (TPSA) is 81.8 Å². The molecule has 0 radical (unpaired) electrons. The van der Waals surface area contributed by atoms with Gasteiger partial charge in [0.15, 0.2) is 0 Å². The van der Waals surface area contributed by atoms with Gasteiger partial charge in [-0.3, -0.25) is 5.10 Å². The second-order valence-electron chi connectivity index (χ2n) is 9.69. The molecular weight excluding hydrogens is 479 g/mol. The number of rotatable bonds is 7. The van der Waals surface area contributed by atoms with E-state index in [2.05, 4.69) is 20.8 Å². The maximum Gasteiger partial charge on any atom is 0.416 e. The second-order valence-corrected chi connectivity index (χ2v) is 9.69. The highest BCUT2D eigenvalue weighted by Gasteiger charge is 2.30. The van der Waals surface area contributed by atoms with Crippen LogP contribution in [0.4, 0.5) is 24.9 Å². The normalized spacial score (nSPS) is 18.2. The van der Waals surface area contributed by atoms with Gasteiger partial charge in [-0.2, -0.15) is 23.3 Å². The molecule has 1 aliphatic carbocycles. The van der Waals surface area contributed by atoms with Gasteiger partial charge in [-0.25, -0.2) is 4.98 Å². The highest BCUT2D eigenvalue weighted by atomic mass is 19.4. The van der Waals surface area contributed by atoms with Crippen LogP contribution < -0.4 is 15.5 Å². The summed E-state index contributed by atoms with van der Waals surface area (Å²) in [7, 11) is 3.97. The van der Waals surface area contributed by atoms with E-state index >= 15 is 0 Å². The molecule has 0 spiro atoms. The Morgan fingerprint density at radius 3 is 2.35 bits per heavy atom. The zero-order chi connectivity index (χ0) is 26.0. The van der Waals surface area contributed by atoms with Crippen LogP contribution in [-0.2, 0) is 12.7 Å². The first-order valence-corrected chi connectivity index (χ1v) is 12.4. The maximum absolute atomic E-state index is 12.9. The Morgan fingerprint density at radius 1 is 0.946 bits per heavy atom. The number of para-hydroxylation sites is 1. The fourth-order valence-electron chi connectivity index (χ4n) is 4.86. The molecule has 10 heteroatoms. The number of benzene rings is 2. The lowest BCUT2D eigenvalue weighted by atomic mass is 9.91. The van der Waals surface area contributed by atoms with Crippen molar-refractivity contribution in [1.82, 2.24) is 25.5 Å². The number of hydrogen-bond donors (Lipinski definition) is 3. The van der Waals surface area contributed by atoms with Gasteiger partial charge in [0.1, 0.15) is 5.82 Å². The quantitative estimate of drug-likeness (QED) is 0.300. The van der Waals surface area contributed by atoms with Crippen molar-refractivity contribution < 1.29 is 13.2 Å². The third kappa shape index (κ3) is 5.69. The Kier molecular flexibility index (Phi) is 7.01. The summed E-state index contributed by atoms with van der Waals surface area (Å²) in [5, 5.41) is 15.3. The number of alkyl halides is 3. The molecular formula is C27H30F3N7.